The number of nitrogens with one attached hydrogen (secondary N) is 1. The third-order valence-electron chi connectivity index (χ3n) is 3.99. The van der Waals surface area contributed by atoms with Crippen molar-refractivity contribution >= 4 is 27.8 Å². The van der Waals surface area contributed by atoms with E-state index in [9.17, 15) is 4.79 Å². The fraction of sp³-hybridized carbons (Fsp3) is 0.583. The van der Waals surface area contributed by atoms with Gasteiger partial charge in [0.15, 0.2) is 0 Å². The summed E-state index contributed by atoms with van der Waals surface area (Å²) in [7, 11) is 0. The Morgan fingerprint density at radius 3 is 2.53 bits per heavy atom. The maximum Gasteiger partial charge on any atom is 0.407 e. The number of carbonyl (C=O) groups is 1. The van der Waals surface area contributed by atoms with Gasteiger partial charge < -0.3 is 15.3 Å². The first-order valence-electron chi connectivity index (χ1n) is 6.34. The van der Waals surface area contributed by atoms with Crippen molar-refractivity contribution < 1.29 is 9.90 Å². The molecule has 7 heteroatoms. The zero-order valence-corrected chi connectivity index (χ0v) is 11.9. The Morgan fingerprint density at radius 1 is 1.32 bits per heavy atom. The molecule has 1 saturated heterocycles. The largest absolute Gasteiger partial charge is 0.465 e. The van der Waals surface area contributed by atoms with Crippen LogP contribution in [0.2, 0.25) is 0 Å². The van der Waals surface area contributed by atoms with Crippen molar-refractivity contribution in [3.05, 3.63) is 17.0 Å². The predicted molar refractivity (Wildman–Crippen MR) is 73.0 cm³/mol. The number of fused-ring (bicyclic) bond motifs is 1. The van der Waals surface area contributed by atoms with Gasteiger partial charge in [-0.1, -0.05) is 0 Å². The number of carboxylic acid groups (broad SMARTS) is 1. The first-order valence-corrected chi connectivity index (χ1v) is 7.13. The lowest BCUT2D eigenvalue weighted by Gasteiger charge is -2.17. The topological polar surface area (TPSA) is 78.4 Å². The molecule has 6 nitrogen and oxygen atoms in total. The molecule has 3 rings (SSSR count). The number of nitrogens with zero attached hydrogens (tertiary/aromatic N) is 3. The Hall–Kier alpha value is -1.37. The van der Waals surface area contributed by atoms with E-state index in [-0.39, 0.29) is 0 Å². The van der Waals surface area contributed by atoms with Crippen LogP contribution < -0.4 is 5.32 Å². The van der Waals surface area contributed by atoms with Crippen LogP contribution in [0, 0.1) is 11.8 Å². The van der Waals surface area contributed by atoms with E-state index in [0.717, 1.165) is 23.3 Å². The molecule has 1 amide bonds. The summed E-state index contributed by atoms with van der Waals surface area (Å²) in [5, 5.41) is 12.4. The second-order valence-corrected chi connectivity index (χ2v) is 6.06. The van der Waals surface area contributed by atoms with Crippen LogP contribution in [0.25, 0.3) is 0 Å². The van der Waals surface area contributed by atoms with Gasteiger partial charge in [0.1, 0.15) is 10.4 Å². The van der Waals surface area contributed by atoms with Crippen molar-refractivity contribution in [2.24, 2.45) is 11.8 Å². The fourth-order valence-electron chi connectivity index (χ4n) is 3.17. The molecule has 1 unspecified atom stereocenters. The van der Waals surface area contributed by atoms with Gasteiger partial charge in [-0.15, -0.1) is 0 Å². The molecule has 1 aliphatic carbocycles. The Morgan fingerprint density at radius 2 is 2.00 bits per heavy atom. The molecule has 1 aliphatic heterocycles. The number of amides is 1. The summed E-state index contributed by atoms with van der Waals surface area (Å²) in [4.78, 5) is 20.8. The van der Waals surface area contributed by atoms with Crippen molar-refractivity contribution in [2.75, 3.05) is 18.4 Å². The van der Waals surface area contributed by atoms with Crippen molar-refractivity contribution in [1.29, 1.82) is 0 Å². The second kappa shape index (κ2) is 4.96. The number of hydrogen-bond acceptors (Lipinski definition) is 4. The maximum atomic E-state index is 10.9. The molecule has 102 valence electrons. The van der Waals surface area contributed by atoms with Crippen molar-refractivity contribution in [2.45, 2.75) is 18.9 Å². The molecule has 19 heavy (non-hydrogen) atoms. The van der Waals surface area contributed by atoms with Crippen LogP contribution in [0.1, 0.15) is 12.8 Å². The third-order valence-corrected chi connectivity index (χ3v) is 4.40. The van der Waals surface area contributed by atoms with Crippen LogP contribution in [0.4, 0.5) is 10.6 Å². The normalized spacial score (nSPS) is 29.3. The summed E-state index contributed by atoms with van der Waals surface area (Å²) in [5.74, 6) is 1.75. The number of rotatable bonds is 2. The average Bonchev–Trinajstić information content (AvgIpc) is 2.90. The summed E-state index contributed by atoms with van der Waals surface area (Å²) in [5.41, 5.74) is 0. The molecule has 2 N–H and O–H groups in total. The van der Waals surface area contributed by atoms with Gasteiger partial charge in [0.05, 0.1) is 12.4 Å². The average molecular weight is 327 g/mol. The van der Waals surface area contributed by atoms with E-state index in [1.165, 1.54) is 4.90 Å². The third kappa shape index (κ3) is 2.65. The maximum absolute atomic E-state index is 10.9. The van der Waals surface area contributed by atoms with Gasteiger partial charge in [-0.3, -0.25) is 0 Å². The molecule has 2 heterocycles. The molecule has 1 saturated carbocycles. The summed E-state index contributed by atoms with van der Waals surface area (Å²) >= 11 is 3.26. The fourth-order valence-corrected chi connectivity index (χ4v) is 3.37. The van der Waals surface area contributed by atoms with E-state index in [0.29, 0.717) is 31.0 Å². The van der Waals surface area contributed by atoms with Crippen molar-refractivity contribution in [1.82, 2.24) is 14.9 Å². The monoisotopic (exact) mass is 326 g/mol. The molecule has 0 spiro atoms. The quantitative estimate of drug-likeness (QED) is 0.869. The summed E-state index contributed by atoms with van der Waals surface area (Å²) in [6, 6.07) is 0.376. The van der Waals surface area contributed by atoms with Gasteiger partial charge in [0.25, 0.3) is 0 Å². The minimum absolute atomic E-state index is 0.376. The molecule has 2 aliphatic rings. The molecule has 1 aromatic rings. The first kappa shape index (κ1) is 12.7. The van der Waals surface area contributed by atoms with E-state index < -0.39 is 6.09 Å². The Labute approximate surface area is 119 Å². The smallest absolute Gasteiger partial charge is 0.407 e. The highest BCUT2D eigenvalue weighted by atomic mass is 79.9. The summed E-state index contributed by atoms with van der Waals surface area (Å²) in [6.45, 7) is 1.34. The van der Waals surface area contributed by atoms with E-state index >= 15 is 0 Å². The summed E-state index contributed by atoms with van der Waals surface area (Å²) in [6.07, 6.45) is 4.60. The molecular formula is C12H15BrN4O2. The van der Waals surface area contributed by atoms with Crippen molar-refractivity contribution in [3.8, 4) is 0 Å². The molecule has 1 aromatic heterocycles. The zero-order valence-electron chi connectivity index (χ0n) is 10.3. The van der Waals surface area contributed by atoms with E-state index in [1.54, 1.807) is 12.4 Å². The number of aromatic nitrogens is 2. The molecular weight excluding hydrogens is 312 g/mol. The lowest BCUT2D eigenvalue weighted by Crippen LogP contribution is -2.29. The number of halogens is 1. The van der Waals surface area contributed by atoms with Gasteiger partial charge in [0.2, 0.25) is 0 Å². The zero-order chi connectivity index (χ0) is 13.4. The van der Waals surface area contributed by atoms with Crippen LogP contribution in [-0.2, 0) is 0 Å². The van der Waals surface area contributed by atoms with Gasteiger partial charge in [-0.05, 0) is 40.6 Å². The minimum atomic E-state index is -0.794. The second-order valence-electron chi connectivity index (χ2n) is 5.24. The Kier molecular flexibility index (Phi) is 3.30. The number of likely N-dealkylation sites (tertiary alicyclic amines) is 1. The lowest BCUT2D eigenvalue weighted by molar-refractivity contribution is 0.152. The molecule has 2 fully saturated rings. The van der Waals surface area contributed by atoms with Gasteiger partial charge in [0, 0.05) is 19.1 Å². The summed E-state index contributed by atoms with van der Waals surface area (Å²) < 4.78 is 0.721. The van der Waals surface area contributed by atoms with Crippen molar-refractivity contribution in [3.63, 3.8) is 0 Å². The molecule has 3 atom stereocenters. The van der Waals surface area contributed by atoms with Gasteiger partial charge >= 0.3 is 6.09 Å². The van der Waals surface area contributed by atoms with E-state index in [4.69, 9.17) is 5.11 Å². The van der Waals surface area contributed by atoms with Crippen LogP contribution >= 0.6 is 15.9 Å². The first-order chi connectivity index (χ1) is 9.11. The molecule has 0 bridgehead atoms. The molecule has 0 radical (unpaired) electrons. The standard InChI is InChI=1S/C12H15BrN4O2/c13-10-3-15-11(4-14-10)16-9-1-7-5-17(12(18)19)6-8(7)2-9/h3-4,7-9H,1-2,5-6H2,(H,15,16)(H,18,19)/t7-,8+,9?. The highest BCUT2D eigenvalue weighted by molar-refractivity contribution is 9.10. The number of anilines is 1. The van der Waals surface area contributed by atoms with Crippen LogP contribution in [-0.4, -0.2) is 45.2 Å². The highest BCUT2D eigenvalue weighted by Gasteiger charge is 2.42. The lowest BCUT2D eigenvalue weighted by atomic mass is 10.0. The Bertz CT molecular complexity index is 467. The van der Waals surface area contributed by atoms with Crippen LogP contribution in [0.5, 0.6) is 0 Å². The minimum Gasteiger partial charge on any atom is -0.465 e. The van der Waals surface area contributed by atoms with Gasteiger partial charge in [-0.25, -0.2) is 14.8 Å². The van der Waals surface area contributed by atoms with Gasteiger partial charge in [-0.2, -0.15) is 0 Å². The van der Waals surface area contributed by atoms with E-state index in [1.807, 2.05) is 0 Å². The van der Waals surface area contributed by atoms with E-state index in [2.05, 4.69) is 31.2 Å². The SMILES string of the molecule is O=C(O)N1C[C@H]2CC(Nc3cnc(Br)cn3)C[C@H]2C1. The molecule has 0 aromatic carbocycles. The Balaban J connectivity index is 1.57. The van der Waals surface area contributed by atoms with Crippen LogP contribution in [0.3, 0.4) is 0 Å². The predicted octanol–water partition coefficient (Wildman–Crippen LogP) is 2.04. The number of hydrogen-bond donors (Lipinski definition) is 2. The van der Waals surface area contributed by atoms with Crippen LogP contribution in [0.15, 0.2) is 17.0 Å². The highest BCUT2D eigenvalue weighted by Crippen LogP contribution is 2.39.